The molecule has 0 saturated carbocycles. The molecule has 0 aliphatic heterocycles. The van der Waals surface area contributed by atoms with Crippen molar-refractivity contribution in [3.05, 3.63) is 23.7 Å². The summed E-state index contributed by atoms with van der Waals surface area (Å²) in [6.07, 6.45) is 0. The highest BCUT2D eigenvalue weighted by atomic mass is 16.5. The molecule has 0 bridgehead atoms. The van der Waals surface area contributed by atoms with Crippen LogP contribution in [-0.4, -0.2) is 13.2 Å². The molecule has 3 heteroatoms. The molecule has 0 radical (unpaired) electrons. The van der Waals surface area contributed by atoms with Crippen LogP contribution in [0.1, 0.15) is 25.4 Å². The van der Waals surface area contributed by atoms with Crippen LogP contribution in [0, 0.1) is 0 Å². The summed E-state index contributed by atoms with van der Waals surface area (Å²) in [5.74, 6) is 1.72. The molecule has 1 rings (SSSR count). The van der Waals surface area contributed by atoms with Gasteiger partial charge in [-0.1, -0.05) is 0 Å². The maximum atomic E-state index is 5.44. The Balaban J connectivity index is 2.34. The van der Waals surface area contributed by atoms with E-state index < -0.39 is 0 Å². The van der Waals surface area contributed by atoms with Crippen LogP contribution >= 0.6 is 0 Å². The van der Waals surface area contributed by atoms with Crippen LogP contribution in [0.15, 0.2) is 16.5 Å². The molecule has 0 amide bonds. The first-order valence-electron chi connectivity index (χ1n) is 4.59. The Hall–Kier alpha value is -0.800. The molecule has 3 nitrogen and oxygen atoms in total. The smallest absolute Gasteiger partial charge is 0.129 e. The summed E-state index contributed by atoms with van der Waals surface area (Å²) in [5.41, 5.74) is 0. The zero-order valence-electron chi connectivity index (χ0n) is 8.21. The second-order valence-electron chi connectivity index (χ2n) is 2.64. The Bertz CT molecular complexity index is 207. The highest BCUT2D eigenvalue weighted by Crippen LogP contribution is 2.09. The third kappa shape index (κ3) is 3.61. The van der Waals surface area contributed by atoms with Gasteiger partial charge in [-0.25, -0.2) is 0 Å². The average molecular weight is 184 g/mol. The van der Waals surface area contributed by atoms with E-state index in [4.69, 9.17) is 13.9 Å². The van der Waals surface area contributed by atoms with Gasteiger partial charge in [0.05, 0.1) is 0 Å². The molecule has 74 valence electrons. The first-order chi connectivity index (χ1) is 6.36. The van der Waals surface area contributed by atoms with Gasteiger partial charge in [-0.05, 0) is 26.0 Å². The van der Waals surface area contributed by atoms with Gasteiger partial charge in [0.2, 0.25) is 0 Å². The van der Waals surface area contributed by atoms with Crippen molar-refractivity contribution >= 4 is 0 Å². The topological polar surface area (TPSA) is 31.6 Å². The van der Waals surface area contributed by atoms with Crippen molar-refractivity contribution in [2.45, 2.75) is 27.1 Å². The quantitative estimate of drug-likeness (QED) is 0.680. The molecule has 0 aliphatic carbocycles. The highest BCUT2D eigenvalue weighted by Gasteiger charge is 2.00. The van der Waals surface area contributed by atoms with Crippen LogP contribution in [0.4, 0.5) is 0 Å². The van der Waals surface area contributed by atoms with E-state index in [0.29, 0.717) is 26.4 Å². The highest BCUT2D eigenvalue weighted by molar-refractivity contribution is 5.05. The molecule has 0 aliphatic rings. The number of furan rings is 1. The van der Waals surface area contributed by atoms with Crippen molar-refractivity contribution in [3.8, 4) is 0 Å². The third-order valence-electron chi connectivity index (χ3n) is 1.61. The van der Waals surface area contributed by atoms with Gasteiger partial charge in [-0.3, -0.25) is 0 Å². The van der Waals surface area contributed by atoms with Gasteiger partial charge in [0.15, 0.2) is 0 Å². The van der Waals surface area contributed by atoms with E-state index >= 15 is 0 Å². The van der Waals surface area contributed by atoms with E-state index in [1.807, 2.05) is 26.0 Å². The van der Waals surface area contributed by atoms with E-state index in [2.05, 4.69) is 0 Å². The maximum Gasteiger partial charge on any atom is 0.129 e. The largest absolute Gasteiger partial charge is 0.461 e. The lowest BCUT2D eigenvalue weighted by Crippen LogP contribution is -1.90. The van der Waals surface area contributed by atoms with Crippen LogP contribution in [-0.2, 0) is 22.7 Å². The summed E-state index contributed by atoms with van der Waals surface area (Å²) in [5, 5.41) is 0. The van der Waals surface area contributed by atoms with E-state index in [9.17, 15) is 0 Å². The molecule has 0 unspecified atom stereocenters. The van der Waals surface area contributed by atoms with Gasteiger partial charge in [0.25, 0.3) is 0 Å². The molecule has 0 fully saturated rings. The lowest BCUT2D eigenvalue weighted by molar-refractivity contribution is 0.100. The van der Waals surface area contributed by atoms with E-state index in [0.717, 1.165) is 11.5 Å². The predicted molar refractivity (Wildman–Crippen MR) is 49.4 cm³/mol. The molecule has 0 aromatic carbocycles. The maximum absolute atomic E-state index is 5.44. The zero-order chi connectivity index (χ0) is 9.52. The average Bonchev–Trinajstić information content (AvgIpc) is 2.59. The summed E-state index contributed by atoms with van der Waals surface area (Å²) < 4.78 is 15.8. The van der Waals surface area contributed by atoms with Gasteiger partial charge < -0.3 is 13.9 Å². The van der Waals surface area contributed by atoms with Crippen molar-refractivity contribution in [2.75, 3.05) is 13.2 Å². The Morgan fingerprint density at radius 1 is 1.00 bits per heavy atom. The number of rotatable bonds is 6. The van der Waals surface area contributed by atoms with Crippen molar-refractivity contribution < 1.29 is 13.9 Å². The molecule has 0 atom stereocenters. The first-order valence-corrected chi connectivity index (χ1v) is 4.59. The van der Waals surface area contributed by atoms with Crippen molar-refractivity contribution in [3.63, 3.8) is 0 Å². The van der Waals surface area contributed by atoms with Crippen molar-refractivity contribution in [2.24, 2.45) is 0 Å². The normalized spacial score (nSPS) is 10.6. The molecule has 1 heterocycles. The van der Waals surface area contributed by atoms with E-state index in [-0.39, 0.29) is 0 Å². The minimum absolute atomic E-state index is 0.544. The van der Waals surface area contributed by atoms with E-state index in [1.165, 1.54) is 0 Å². The van der Waals surface area contributed by atoms with Crippen molar-refractivity contribution in [1.82, 2.24) is 0 Å². The molecular weight excluding hydrogens is 168 g/mol. The number of hydrogen-bond donors (Lipinski definition) is 0. The zero-order valence-corrected chi connectivity index (χ0v) is 8.21. The Morgan fingerprint density at radius 2 is 1.46 bits per heavy atom. The van der Waals surface area contributed by atoms with E-state index in [1.54, 1.807) is 0 Å². The fourth-order valence-corrected chi connectivity index (χ4v) is 0.983. The Labute approximate surface area is 78.6 Å². The standard InChI is InChI=1S/C10H16O3/c1-3-11-7-9-5-6-10(13-9)8-12-4-2/h5-6H,3-4,7-8H2,1-2H3. The van der Waals surface area contributed by atoms with Crippen LogP contribution in [0.2, 0.25) is 0 Å². The minimum Gasteiger partial charge on any atom is -0.461 e. The first kappa shape index (κ1) is 10.3. The second kappa shape index (κ2) is 5.78. The predicted octanol–water partition coefficient (Wildman–Crippen LogP) is 2.35. The molecule has 0 spiro atoms. The minimum atomic E-state index is 0.544. The van der Waals surface area contributed by atoms with Crippen LogP contribution in [0.25, 0.3) is 0 Å². The number of ether oxygens (including phenoxy) is 2. The summed E-state index contributed by atoms with van der Waals surface area (Å²) in [7, 11) is 0. The fourth-order valence-electron chi connectivity index (χ4n) is 0.983. The number of hydrogen-bond acceptors (Lipinski definition) is 3. The van der Waals surface area contributed by atoms with Crippen molar-refractivity contribution in [1.29, 1.82) is 0 Å². The summed E-state index contributed by atoms with van der Waals surface area (Å²) in [6.45, 7) is 6.43. The third-order valence-corrected chi connectivity index (χ3v) is 1.61. The molecular formula is C10H16O3. The van der Waals surface area contributed by atoms with Gasteiger partial charge in [-0.2, -0.15) is 0 Å². The van der Waals surface area contributed by atoms with Crippen LogP contribution < -0.4 is 0 Å². The monoisotopic (exact) mass is 184 g/mol. The lowest BCUT2D eigenvalue weighted by Gasteiger charge is -1.98. The second-order valence-corrected chi connectivity index (χ2v) is 2.64. The summed E-state index contributed by atoms with van der Waals surface area (Å²) in [6, 6.07) is 3.84. The lowest BCUT2D eigenvalue weighted by atomic mass is 10.4. The molecule has 1 aromatic heterocycles. The van der Waals surface area contributed by atoms with Gasteiger partial charge in [-0.15, -0.1) is 0 Å². The Kier molecular flexibility index (Phi) is 4.57. The molecule has 13 heavy (non-hydrogen) atoms. The van der Waals surface area contributed by atoms with Crippen LogP contribution in [0.3, 0.4) is 0 Å². The summed E-state index contributed by atoms with van der Waals surface area (Å²) in [4.78, 5) is 0. The van der Waals surface area contributed by atoms with Gasteiger partial charge in [0.1, 0.15) is 24.7 Å². The van der Waals surface area contributed by atoms with Gasteiger partial charge >= 0.3 is 0 Å². The van der Waals surface area contributed by atoms with Crippen LogP contribution in [0.5, 0.6) is 0 Å². The SMILES string of the molecule is CCOCc1ccc(COCC)o1. The molecule has 0 saturated heterocycles. The fraction of sp³-hybridized carbons (Fsp3) is 0.600. The summed E-state index contributed by atoms with van der Waals surface area (Å²) >= 11 is 0. The molecule has 1 aromatic rings. The Morgan fingerprint density at radius 3 is 1.85 bits per heavy atom. The van der Waals surface area contributed by atoms with Gasteiger partial charge in [0, 0.05) is 13.2 Å². The molecule has 0 N–H and O–H groups in total.